The van der Waals surface area contributed by atoms with Crippen LogP contribution in [0.3, 0.4) is 0 Å². The van der Waals surface area contributed by atoms with Gasteiger partial charge in [0.05, 0.1) is 11.5 Å². The molecule has 0 heterocycles. The molecule has 1 aromatic rings. The second-order valence-electron chi connectivity index (χ2n) is 2.72. The zero-order valence-corrected chi connectivity index (χ0v) is 10.4. The maximum Gasteiger partial charge on any atom is 0.312 e. The lowest BCUT2D eigenvalue weighted by molar-refractivity contribution is -0.385. The zero-order chi connectivity index (χ0) is 10.6. The van der Waals surface area contributed by atoms with Gasteiger partial charge in [0, 0.05) is 11.1 Å². The average Bonchev–Trinajstić information content (AvgIpc) is 2.15. The van der Waals surface area contributed by atoms with Crippen LogP contribution in [0.4, 0.5) is 5.69 Å². The molecule has 5 nitrogen and oxygen atoms in total. The van der Waals surface area contributed by atoms with Crippen LogP contribution >= 0.6 is 24.0 Å². The van der Waals surface area contributed by atoms with Gasteiger partial charge in [-0.1, -0.05) is 18.5 Å². The predicted octanol–water partition coefficient (Wildman–Crippen LogP) is 3.62. The van der Waals surface area contributed by atoms with Crippen molar-refractivity contribution in [3.63, 3.8) is 0 Å². The van der Waals surface area contributed by atoms with Crippen LogP contribution in [0.25, 0.3) is 0 Å². The molecule has 0 aliphatic rings. The van der Waals surface area contributed by atoms with E-state index in [2.05, 4.69) is 0 Å². The van der Waals surface area contributed by atoms with E-state index in [1.807, 2.05) is 6.92 Å². The summed E-state index contributed by atoms with van der Waals surface area (Å²) in [6.07, 6.45) is 0.805. The van der Waals surface area contributed by atoms with Gasteiger partial charge < -0.3 is 10.9 Å². The number of nitro benzene ring substituents is 1. The number of benzene rings is 1. The van der Waals surface area contributed by atoms with Crippen LogP contribution in [0.1, 0.15) is 13.3 Å². The predicted molar refractivity (Wildman–Crippen MR) is 66.2 cm³/mol. The first-order chi connectivity index (χ1) is 6.65. The highest BCUT2D eigenvalue weighted by atomic mass is 35.5. The Kier molecular flexibility index (Phi) is 8.84. The van der Waals surface area contributed by atoms with E-state index in [-0.39, 0.29) is 30.0 Å². The molecule has 0 saturated heterocycles. The van der Waals surface area contributed by atoms with Crippen molar-refractivity contribution in [3.8, 4) is 5.75 Å². The van der Waals surface area contributed by atoms with Gasteiger partial charge >= 0.3 is 5.69 Å². The molecule has 0 aliphatic carbocycles. The molecular weight excluding hydrogens is 255 g/mol. The molecule has 0 spiro atoms. The Morgan fingerprint density at radius 3 is 2.62 bits per heavy atom. The smallest absolute Gasteiger partial charge is 0.312 e. The van der Waals surface area contributed by atoms with Crippen LogP contribution in [-0.2, 0) is 0 Å². The highest BCUT2D eigenvalue weighted by Gasteiger charge is 2.14. The van der Waals surface area contributed by atoms with Gasteiger partial charge in [-0.3, -0.25) is 10.1 Å². The van der Waals surface area contributed by atoms with Gasteiger partial charge in [-0.05, 0) is 18.6 Å². The molecule has 0 fully saturated rings. The van der Waals surface area contributed by atoms with E-state index in [1.54, 1.807) is 6.07 Å². The number of nitro groups is 1. The minimum Gasteiger partial charge on any atom is -0.487 e. The molecule has 16 heavy (non-hydrogen) atoms. The van der Waals surface area contributed by atoms with E-state index in [0.717, 1.165) is 6.42 Å². The van der Waals surface area contributed by atoms with Gasteiger partial charge in [-0.15, -0.1) is 12.4 Å². The summed E-state index contributed by atoms with van der Waals surface area (Å²) in [6.45, 7) is 2.39. The maximum atomic E-state index is 10.6. The van der Waals surface area contributed by atoms with Gasteiger partial charge in [0.1, 0.15) is 0 Å². The Morgan fingerprint density at radius 2 is 2.12 bits per heavy atom. The summed E-state index contributed by atoms with van der Waals surface area (Å²) in [5.41, 5.74) is -0.0917. The molecule has 0 unspecified atom stereocenters. The van der Waals surface area contributed by atoms with Gasteiger partial charge in [-0.2, -0.15) is 0 Å². The van der Waals surface area contributed by atoms with Crippen LogP contribution in [0.15, 0.2) is 18.2 Å². The van der Waals surface area contributed by atoms with Gasteiger partial charge in [-0.25, -0.2) is 0 Å². The molecule has 0 radical (unpaired) electrons. The van der Waals surface area contributed by atoms with Crippen molar-refractivity contribution in [2.24, 2.45) is 0 Å². The Labute approximate surface area is 105 Å². The Hall–Kier alpha value is -1.04. The number of nitrogens with zero attached hydrogens (tertiary/aromatic N) is 1. The zero-order valence-electron chi connectivity index (χ0n) is 8.81. The van der Waals surface area contributed by atoms with Crippen molar-refractivity contribution in [3.05, 3.63) is 33.3 Å². The monoisotopic (exact) mass is 268 g/mol. The number of halogens is 2. The Morgan fingerprint density at radius 1 is 1.50 bits per heavy atom. The normalized spacial score (nSPS) is 8.62. The highest BCUT2D eigenvalue weighted by Crippen LogP contribution is 2.29. The number of ether oxygens (including phenoxy) is 1. The third-order valence-corrected chi connectivity index (χ3v) is 1.81. The second kappa shape index (κ2) is 8.15. The molecular formula is C9H14Cl2N2O3. The summed E-state index contributed by atoms with van der Waals surface area (Å²) >= 11 is 5.63. The SMILES string of the molecule is CCCOc1ccc(Cl)cc1[N+](=O)[O-].Cl.N. The summed E-state index contributed by atoms with van der Waals surface area (Å²) < 4.78 is 5.20. The summed E-state index contributed by atoms with van der Waals surface area (Å²) in [4.78, 5) is 10.1. The van der Waals surface area contributed by atoms with Crippen molar-refractivity contribution >= 4 is 29.7 Å². The minimum atomic E-state index is -0.503. The van der Waals surface area contributed by atoms with E-state index in [0.29, 0.717) is 11.6 Å². The molecule has 0 atom stereocenters. The molecule has 0 bridgehead atoms. The van der Waals surface area contributed by atoms with Crippen molar-refractivity contribution in [1.29, 1.82) is 0 Å². The van der Waals surface area contributed by atoms with Crippen LogP contribution in [-0.4, -0.2) is 11.5 Å². The molecule has 0 aromatic heterocycles. The van der Waals surface area contributed by atoms with Crippen molar-refractivity contribution in [2.45, 2.75) is 13.3 Å². The molecule has 92 valence electrons. The second-order valence-corrected chi connectivity index (χ2v) is 3.15. The largest absolute Gasteiger partial charge is 0.487 e. The molecule has 0 amide bonds. The van der Waals surface area contributed by atoms with Gasteiger partial charge in [0.2, 0.25) is 0 Å². The van der Waals surface area contributed by atoms with E-state index < -0.39 is 4.92 Å². The minimum absolute atomic E-state index is 0. The topological polar surface area (TPSA) is 87.4 Å². The summed E-state index contributed by atoms with van der Waals surface area (Å²) in [5.74, 6) is 0.265. The number of rotatable bonds is 4. The average molecular weight is 269 g/mol. The third kappa shape index (κ3) is 4.65. The molecule has 0 saturated carbocycles. The molecule has 1 aromatic carbocycles. The fourth-order valence-corrected chi connectivity index (χ4v) is 1.13. The fraction of sp³-hybridized carbons (Fsp3) is 0.333. The van der Waals surface area contributed by atoms with E-state index in [9.17, 15) is 10.1 Å². The number of hydrogen-bond acceptors (Lipinski definition) is 4. The van der Waals surface area contributed by atoms with E-state index >= 15 is 0 Å². The van der Waals surface area contributed by atoms with Crippen LogP contribution < -0.4 is 10.9 Å². The molecule has 7 heteroatoms. The molecule has 1 rings (SSSR count). The maximum absolute atomic E-state index is 10.6. The quantitative estimate of drug-likeness (QED) is 0.667. The standard InChI is InChI=1S/C9H10ClNO3.ClH.H3N/c1-2-5-14-9-4-3-7(10)6-8(9)11(12)13;;/h3-4,6H,2,5H2,1H3;1H;1H3. The Balaban J connectivity index is 0. The summed E-state index contributed by atoms with van der Waals surface area (Å²) in [5, 5.41) is 10.9. The lowest BCUT2D eigenvalue weighted by Gasteiger charge is -2.04. The number of hydrogen-bond donors (Lipinski definition) is 1. The molecule has 0 aliphatic heterocycles. The van der Waals surface area contributed by atoms with Crippen LogP contribution in [0.2, 0.25) is 5.02 Å². The van der Waals surface area contributed by atoms with Crippen LogP contribution in [0.5, 0.6) is 5.75 Å². The fourth-order valence-electron chi connectivity index (χ4n) is 0.967. The van der Waals surface area contributed by atoms with E-state index in [1.165, 1.54) is 12.1 Å². The van der Waals surface area contributed by atoms with E-state index in [4.69, 9.17) is 16.3 Å². The van der Waals surface area contributed by atoms with Crippen molar-refractivity contribution in [2.75, 3.05) is 6.61 Å². The third-order valence-electron chi connectivity index (χ3n) is 1.58. The lowest BCUT2D eigenvalue weighted by Crippen LogP contribution is -1.99. The van der Waals surface area contributed by atoms with Crippen molar-refractivity contribution in [1.82, 2.24) is 6.15 Å². The Bertz CT molecular complexity index is 348. The molecule has 3 N–H and O–H groups in total. The first kappa shape index (κ1) is 17.4. The highest BCUT2D eigenvalue weighted by molar-refractivity contribution is 6.30. The summed E-state index contributed by atoms with van der Waals surface area (Å²) in [6, 6.07) is 4.36. The van der Waals surface area contributed by atoms with Gasteiger partial charge in [0.15, 0.2) is 5.75 Å². The van der Waals surface area contributed by atoms with Crippen LogP contribution in [0, 0.1) is 10.1 Å². The first-order valence-electron chi connectivity index (χ1n) is 4.22. The first-order valence-corrected chi connectivity index (χ1v) is 4.59. The lowest BCUT2D eigenvalue weighted by atomic mass is 10.3. The summed E-state index contributed by atoms with van der Waals surface area (Å²) in [7, 11) is 0. The van der Waals surface area contributed by atoms with Gasteiger partial charge in [0.25, 0.3) is 0 Å². The van der Waals surface area contributed by atoms with Crippen molar-refractivity contribution < 1.29 is 9.66 Å².